The highest BCUT2D eigenvalue weighted by Crippen LogP contribution is 2.26. The van der Waals surface area contributed by atoms with Crippen LogP contribution >= 0.6 is 0 Å². The monoisotopic (exact) mass is 408 g/mol. The number of anilines is 1. The average molecular weight is 408 g/mol. The molecule has 156 valence electrons. The molecule has 1 aliphatic rings. The van der Waals surface area contributed by atoms with Crippen molar-refractivity contribution in [2.24, 2.45) is 0 Å². The molecule has 1 saturated heterocycles. The van der Waals surface area contributed by atoms with Gasteiger partial charge in [-0.15, -0.1) is 0 Å². The number of aliphatic hydroxyl groups excluding tert-OH is 1. The van der Waals surface area contributed by atoms with Gasteiger partial charge in [0, 0.05) is 54.6 Å². The zero-order valence-electron chi connectivity index (χ0n) is 16.6. The van der Waals surface area contributed by atoms with Gasteiger partial charge < -0.3 is 25.0 Å². The van der Waals surface area contributed by atoms with Crippen LogP contribution in [0.4, 0.5) is 5.69 Å². The number of methoxy groups -OCH3 is 1. The summed E-state index contributed by atoms with van der Waals surface area (Å²) in [6, 6.07) is 9.95. The van der Waals surface area contributed by atoms with Crippen LogP contribution in [0.3, 0.4) is 0 Å². The largest absolute Gasteiger partial charge is 0.467 e. The topological polar surface area (TPSA) is 108 Å². The molecule has 3 heterocycles. The second-order valence-corrected chi connectivity index (χ2v) is 7.41. The van der Waals surface area contributed by atoms with Gasteiger partial charge in [-0.25, -0.2) is 4.79 Å². The highest BCUT2D eigenvalue weighted by Gasteiger charge is 2.38. The number of nitrogens with zero attached hydrogens (tertiary/aromatic N) is 2. The van der Waals surface area contributed by atoms with E-state index < -0.39 is 24.2 Å². The van der Waals surface area contributed by atoms with Gasteiger partial charge >= 0.3 is 5.97 Å². The number of aliphatic hydroxyl groups is 1. The fourth-order valence-electron chi connectivity index (χ4n) is 4.01. The van der Waals surface area contributed by atoms with Crippen LogP contribution < -0.4 is 10.2 Å². The maximum Gasteiger partial charge on any atom is 0.328 e. The van der Waals surface area contributed by atoms with E-state index >= 15 is 0 Å². The van der Waals surface area contributed by atoms with E-state index in [0.29, 0.717) is 13.0 Å². The molecule has 0 bridgehead atoms. The van der Waals surface area contributed by atoms with Crippen LogP contribution in [0.1, 0.15) is 12.0 Å². The second-order valence-electron chi connectivity index (χ2n) is 7.41. The number of hydrogen-bond acceptors (Lipinski definition) is 6. The first-order valence-corrected chi connectivity index (χ1v) is 9.84. The molecule has 0 radical (unpaired) electrons. The number of nitrogens with one attached hydrogen (secondary N) is 2. The van der Waals surface area contributed by atoms with Crippen LogP contribution in [-0.2, 0) is 20.7 Å². The van der Waals surface area contributed by atoms with Crippen molar-refractivity contribution in [1.29, 1.82) is 0 Å². The van der Waals surface area contributed by atoms with E-state index in [-0.39, 0.29) is 12.3 Å². The SMILES string of the molecule is COC(=O)[C@H](Cc1c[nH]c2ccccc12)NC(=O)[C@@H]1C[C@@H](O)CN1c1ccncc1. The number of β-amino-alcohol motifs (C(OH)–C–C–N with tert-alkyl or cyclic N) is 1. The standard InChI is InChI=1S/C22H24N4O4/c1-30-22(29)19(10-14-12-24-18-5-3-2-4-17(14)18)25-21(28)20-11-16(27)13-26(20)15-6-8-23-9-7-15/h2-9,12,16,19-20,24,27H,10-11,13H2,1H3,(H,25,28)/t16-,19+,20+/m1/s1. The molecule has 0 saturated carbocycles. The molecule has 0 spiro atoms. The molecule has 1 amide bonds. The molecular weight excluding hydrogens is 384 g/mol. The third-order valence-electron chi connectivity index (χ3n) is 5.48. The summed E-state index contributed by atoms with van der Waals surface area (Å²) in [5.41, 5.74) is 2.68. The van der Waals surface area contributed by atoms with E-state index in [9.17, 15) is 14.7 Å². The van der Waals surface area contributed by atoms with Gasteiger partial charge in [-0.1, -0.05) is 18.2 Å². The summed E-state index contributed by atoms with van der Waals surface area (Å²) in [7, 11) is 1.30. The number of aromatic nitrogens is 2. The predicted molar refractivity (Wildman–Crippen MR) is 112 cm³/mol. The van der Waals surface area contributed by atoms with E-state index in [1.165, 1.54) is 7.11 Å². The van der Waals surface area contributed by atoms with Crippen molar-refractivity contribution in [2.75, 3.05) is 18.6 Å². The molecule has 2 aromatic heterocycles. The lowest BCUT2D eigenvalue weighted by molar-refractivity contribution is -0.145. The minimum atomic E-state index is -0.835. The number of pyridine rings is 1. The molecule has 3 aromatic rings. The van der Waals surface area contributed by atoms with Crippen LogP contribution in [-0.4, -0.2) is 58.8 Å². The predicted octanol–water partition coefficient (Wildman–Crippen LogP) is 1.40. The fourth-order valence-corrected chi connectivity index (χ4v) is 4.01. The van der Waals surface area contributed by atoms with E-state index in [1.54, 1.807) is 24.5 Å². The average Bonchev–Trinajstić information content (AvgIpc) is 3.37. The quantitative estimate of drug-likeness (QED) is 0.532. The van der Waals surface area contributed by atoms with Gasteiger partial charge in [0.1, 0.15) is 12.1 Å². The Morgan fingerprint density at radius 1 is 1.30 bits per heavy atom. The van der Waals surface area contributed by atoms with Gasteiger partial charge in [-0.3, -0.25) is 9.78 Å². The third kappa shape index (κ3) is 3.99. The number of rotatable bonds is 6. The number of aromatic amines is 1. The van der Waals surface area contributed by atoms with Crippen LogP contribution in [0, 0.1) is 0 Å². The van der Waals surface area contributed by atoms with E-state index in [2.05, 4.69) is 15.3 Å². The molecule has 1 fully saturated rings. The van der Waals surface area contributed by atoms with Crippen molar-refractivity contribution < 1.29 is 19.4 Å². The van der Waals surface area contributed by atoms with Crippen molar-refractivity contribution in [3.8, 4) is 0 Å². The summed E-state index contributed by atoms with van der Waals surface area (Å²) >= 11 is 0. The van der Waals surface area contributed by atoms with Gasteiger partial charge in [0.05, 0.1) is 13.2 Å². The molecule has 4 rings (SSSR count). The number of esters is 1. The Bertz CT molecular complexity index is 1040. The summed E-state index contributed by atoms with van der Waals surface area (Å²) < 4.78 is 4.93. The Hall–Kier alpha value is -3.39. The van der Waals surface area contributed by atoms with Crippen molar-refractivity contribution >= 4 is 28.5 Å². The number of hydrogen-bond donors (Lipinski definition) is 3. The van der Waals surface area contributed by atoms with Crippen LogP contribution in [0.5, 0.6) is 0 Å². The number of benzene rings is 1. The van der Waals surface area contributed by atoms with E-state index in [0.717, 1.165) is 22.2 Å². The number of para-hydroxylation sites is 1. The Morgan fingerprint density at radius 3 is 2.83 bits per heavy atom. The second kappa shape index (κ2) is 8.54. The van der Waals surface area contributed by atoms with E-state index in [1.807, 2.05) is 35.4 Å². The molecule has 8 nitrogen and oxygen atoms in total. The fraction of sp³-hybridized carbons (Fsp3) is 0.318. The van der Waals surface area contributed by atoms with Gasteiger partial charge in [-0.2, -0.15) is 0 Å². The van der Waals surface area contributed by atoms with Crippen LogP contribution in [0.25, 0.3) is 10.9 Å². The Kier molecular flexibility index (Phi) is 5.67. The first-order chi connectivity index (χ1) is 14.6. The molecule has 1 aliphatic heterocycles. The number of carbonyl (C=O) groups excluding carboxylic acids is 2. The van der Waals surface area contributed by atoms with Crippen LogP contribution in [0.15, 0.2) is 55.0 Å². The normalized spacial score (nSPS) is 19.6. The summed E-state index contributed by atoms with van der Waals surface area (Å²) in [6.45, 7) is 0.341. The lowest BCUT2D eigenvalue weighted by Crippen LogP contribution is -2.50. The van der Waals surface area contributed by atoms with Crippen molar-refractivity contribution in [1.82, 2.24) is 15.3 Å². The van der Waals surface area contributed by atoms with Gasteiger partial charge in [-0.05, 0) is 23.8 Å². The minimum absolute atomic E-state index is 0.287. The molecule has 0 unspecified atom stereocenters. The molecule has 8 heteroatoms. The zero-order valence-corrected chi connectivity index (χ0v) is 16.6. The molecular formula is C22H24N4O4. The smallest absolute Gasteiger partial charge is 0.328 e. The molecule has 0 aliphatic carbocycles. The Morgan fingerprint density at radius 2 is 2.07 bits per heavy atom. The van der Waals surface area contributed by atoms with Crippen molar-refractivity contribution in [3.05, 3.63) is 60.6 Å². The van der Waals surface area contributed by atoms with Crippen molar-refractivity contribution in [2.45, 2.75) is 31.0 Å². The Labute approximate surface area is 173 Å². The molecule has 3 atom stereocenters. The molecule has 1 aromatic carbocycles. The number of amides is 1. The number of ether oxygens (including phenoxy) is 1. The number of fused-ring (bicyclic) bond motifs is 1. The summed E-state index contributed by atoms with van der Waals surface area (Å²) in [5.74, 6) is -0.832. The summed E-state index contributed by atoms with van der Waals surface area (Å²) in [5, 5.41) is 14.0. The van der Waals surface area contributed by atoms with E-state index in [4.69, 9.17) is 4.74 Å². The van der Waals surface area contributed by atoms with Gasteiger partial charge in [0.25, 0.3) is 0 Å². The summed E-state index contributed by atoms with van der Waals surface area (Å²) in [6.07, 6.45) is 5.09. The number of H-pyrrole nitrogens is 1. The van der Waals surface area contributed by atoms with Gasteiger partial charge in [0.15, 0.2) is 0 Å². The highest BCUT2D eigenvalue weighted by molar-refractivity contribution is 5.91. The lowest BCUT2D eigenvalue weighted by atomic mass is 10.0. The van der Waals surface area contributed by atoms with Gasteiger partial charge in [0.2, 0.25) is 5.91 Å². The highest BCUT2D eigenvalue weighted by atomic mass is 16.5. The summed E-state index contributed by atoms with van der Waals surface area (Å²) in [4.78, 5) is 34.5. The number of carbonyl (C=O) groups is 2. The first-order valence-electron chi connectivity index (χ1n) is 9.84. The molecule has 3 N–H and O–H groups in total. The lowest BCUT2D eigenvalue weighted by Gasteiger charge is -2.27. The maximum atomic E-state index is 13.1. The van der Waals surface area contributed by atoms with Crippen molar-refractivity contribution in [3.63, 3.8) is 0 Å². The first kappa shape index (κ1) is 19.9. The maximum absolute atomic E-state index is 13.1. The molecule has 30 heavy (non-hydrogen) atoms. The third-order valence-corrected chi connectivity index (χ3v) is 5.48. The zero-order chi connectivity index (χ0) is 21.1. The Balaban J connectivity index is 1.54. The van der Waals surface area contributed by atoms with Crippen LogP contribution in [0.2, 0.25) is 0 Å². The minimum Gasteiger partial charge on any atom is -0.467 e.